The Kier molecular flexibility index (Phi) is 15.3. The fourth-order valence-electron chi connectivity index (χ4n) is 9.76. The topological polar surface area (TPSA) is 58.9 Å². The van der Waals surface area contributed by atoms with Crippen LogP contribution in [0.3, 0.4) is 0 Å². The van der Waals surface area contributed by atoms with Gasteiger partial charge in [-0.05, 0) is 118 Å². The second kappa shape index (κ2) is 20.9. The molecule has 0 saturated heterocycles. The SMILES string of the molecule is Cc1cc(-c2c(O[C@H](C)C[C@H](C)Oc3cc(F)c(F)c(F)c3-c3cc(C)cc(-c4c5ccccc5cc5ccccc45)c3O)cc(F)c(F)c2F)c(O)c(-c2c3ccccc3cc3ccccc23)c1.[CH3-].[CH3-].[Zr+2]. The number of hydrogen-bond donors (Lipinski definition) is 2. The van der Waals surface area contributed by atoms with Crippen molar-refractivity contribution in [1.29, 1.82) is 0 Å². The van der Waals surface area contributed by atoms with E-state index in [-0.39, 0.29) is 58.6 Å². The van der Waals surface area contributed by atoms with Crippen molar-refractivity contribution in [1.82, 2.24) is 0 Å². The quantitative estimate of drug-likeness (QED) is 0.0620. The second-order valence-electron chi connectivity index (χ2n) is 17.6. The molecule has 0 aliphatic rings. The van der Waals surface area contributed by atoms with Crippen molar-refractivity contribution in [3.8, 4) is 67.5 Å². The minimum atomic E-state index is -1.77. The molecular formula is C61H48F6O4Zr. The van der Waals surface area contributed by atoms with Crippen LogP contribution in [-0.4, -0.2) is 22.4 Å². The number of ether oxygens (including phenoxy) is 2. The van der Waals surface area contributed by atoms with E-state index < -0.39 is 81.2 Å². The van der Waals surface area contributed by atoms with E-state index >= 15 is 26.3 Å². The van der Waals surface area contributed by atoms with Gasteiger partial charge in [-0.2, -0.15) is 0 Å². The molecule has 10 aromatic rings. The van der Waals surface area contributed by atoms with Gasteiger partial charge in [0.25, 0.3) is 0 Å². The Bertz CT molecular complexity index is 3380. The molecule has 362 valence electrons. The van der Waals surface area contributed by atoms with Crippen LogP contribution in [0.25, 0.3) is 87.6 Å². The molecule has 0 saturated carbocycles. The fourth-order valence-corrected chi connectivity index (χ4v) is 9.76. The summed E-state index contributed by atoms with van der Waals surface area (Å²) in [6, 6.07) is 42.2. The molecule has 0 heterocycles. The van der Waals surface area contributed by atoms with Crippen molar-refractivity contribution in [2.24, 2.45) is 0 Å². The molecule has 10 aromatic carbocycles. The average Bonchev–Trinajstić information content (AvgIpc) is 3.33. The molecule has 11 heteroatoms. The van der Waals surface area contributed by atoms with Crippen molar-refractivity contribution in [2.75, 3.05) is 0 Å². The third kappa shape index (κ3) is 9.31. The van der Waals surface area contributed by atoms with Gasteiger partial charge >= 0.3 is 26.2 Å². The van der Waals surface area contributed by atoms with Gasteiger partial charge < -0.3 is 34.5 Å². The minimum Gasteiger partial charge on any atom is -0.507 e. The third-order valence-corrected chi connectivity index (χ3v) is 12.7. The van der Waals surface area contributed by atoms with Crippen LogP contribution in [0.4, 0.5) is 26.3 Å². The van der Waals surface area contributed by atoms with Crippen LogP contribution in [0.5, 0.6) is 23.0 Å². The Morgan fingerprint density at radius 1 is 0.403 bits per heavy atom. The van der Waals surface area contributed by atoms with Crippen LogP contribution in [0.1, 0.15) is 31.4 Å². The summed E-state index contributed by atoms with van der Waals surface area (Å²) >= 11 is 0. The Hall–Kier alpha value is -7.10. The number of aromatic hydroxyl groups is 2. The van der Waals surface area contributed by atoms with Crippen LogP contribution < -0.4 is 9.47 Å². The number of hydrogen-bond acceptors (Lipinski definition) is 4. The molecular weight excluding hydrogens is 1000 g/mol. The first kappa shape index (κ1) is 52.7. The van der Waals surface area contributed by atoms with E-state index in [0.29, 0.717) is 45.5 Å². The van der Waals surface area contributed by atoms with Gasteiger partial charge in [-0.15, -0.1) is 0 Å². The molecule has 0 amide bonds. The molecule has 0 unspecified atom stereocenters. The zero-order valence-corrected chi connectivity index (χ0v) is 42.7. The number of halogens is 6. The molecule has 2 atom stereocenters. The predicted octanol–water partition coefficient (Wildman–Crippen LogP) is 17.4. The van der Waals surface area contributed by atoms with Gasteiger partial charge in [-0.3, -0.25) is 0 Å². The summed E-state index contributed by atoms with van der Waals surface area (Å²) in [7, 11) is 0. The van der Waals surface area contributed by atoms with Crippen molar-refractivity contribution in [3.05, 3.63) is 206 Å². The van der Waals surface area contributed by atoms with Gasteiger partial charge in [-0.25, -0.2) is 26.3 Å². The summed E-state index contributed by atoms with van der Waals surface area (Å²) in [6.07, 6.45) is -2.05. The number of aryl methyl sites for hydroxylation is 2. The molecule has 0 aliphatic carbocycles. The van der Waals surface area contributed by atoms with Crippen molar-refractivity contribution in [3.63, 3.8) is 0 Å². The first-order valence-corrected chi connectivity index (χ1v) is 22.4. The molecule has 4 nitrogen and oxygen atoms in total. The molecule has 0 aromatic heterocycles. The molecule has 0 fully saturated rings. The molecule has 0 aliphatic heterocycles. The molecule has 0 spiro atoms. The van der Waals surface area contributed by atoms with E-state index in [1.54, 1.807) is 39.8 Å². The average molecular weight is 1050 g/mol. The van der Waals surface area contributed by atoms with Crippen LogP contribution in [0.2, 0.25) is 0 Å². The summed E-state index contributed by atoms with van der Waals surface area (Å²) in [4.78, 5) is 0. The molecule has 0 bridgehead atoms. The zero-order chi connectivity index (χ0) is 48.4. The predicted molar refractivity (Wildman–Crippen MR) is 275 cm³/mol. The molecule has 2 N–H and O–H groups in total. The van der Waals surface area contributed by atoms with E-state index in [1.165, 1.54) is 12.1 Å². The number of phenolic OH excluding ortho intramolecular Hbond substituents is 2. The number of fused-ring (bicyclic) bond motifs is 4. The Morgan fingerprint density at radius 3 is 0.986 bits per heavy atom. The molecule has 0 radical (unpaired) electrons. The normalized spacial score (nSPS) is 12.0. The maximum Gasteiger partial charge on any atom is 2.00 e. The molecule has 72 heavy (non-hydrogen) atoms. The first-order valence-electron chi connectivity index (χ1n) is 22.4. The van der Waals surface area contributed by atoms with E-state index in [2.05, 4.69) is 0 Å². The summed E-state index contributed by atoms with van der Waals surface area (Å²) in [6.45, 7) is 6.56. The van der Waals surface area contributed by atoms with Crippen LogP contribution in [-0.2, 0) is 26.2 Å². The van der Waals surface area contributed by atoms with E-state index in [1.807, 2.05) is 109 Å². The van der Waals surface area contributed by atoms with Crippen LogP contribution in [0, 0.1) is 63.6 Å². The monoisotopic (exact) mass is 1050 g/mol. The summed E-state index contributed by atoms with van der Waals surface area (Å²) in [5.74, 6) is -11.5. The number of rotatable bonds is 10. The number of benzene rings is 10. The van der Waals surface area contributed by atoms with Crippen LogP contribution >= 0.6 is 0 Å². The van der Waals surface area contributed by atoms with E-state index in [4.69, 9.17) is 9.47 Å². The van der Waals surface area contributed by atoms with Gasteiger partial charge in [0.15, 0.2) is 34.9 Å². The van der Waals surface area contributed by atoms with Crippen molar-refractivity contribution >= 4 is 43.1 Å². The molecule has 10 rings (SSSR count). The Labute approximate surface area is 433 Å². The number of phenols is 2. The Morgan fingerprint density at radius 2 is 0.681 bits per heavy atom. The largest absolute Gasteiger partial charge is 2.00 e. The first-order chi connectivity index (χ1) is 33.2. The maximum absolute atomic E-state index is 16.3. The van der Waals surface area contributed by atoms with Gasteiger partial charge in [0.2, 0.25) is 0 Å². The van der Waals surface area contributed by atoms with E-state index in [9.17, 15) is 10.2 Å². The minimum absolute atomic E-state index is 0. The fraction of sp³-hybridized carbons (Fsp3) is 0.115. The van der Waals surface area contributed by atoms with Crippen molar-refractivity contribution in [2.45, 2.75) is 46.3 Å². The summed E-state index contributed by atoms with van der Waals surface area (Å²) in [5.41, 5.74) is 1.75. The van der Waals surface area contributed by atoms with Crippen LogP contribution in [0.15, 0.2) is 146 Å². The van der Waals surface area contributed by atoms with Gasteiger partial charge in [-0.1, -0.05) is 97.1 Å². The second-order valence-corrected chi connectivity index (χ2v) is 17.6. The smallest absolute Gasteiger partial charge is 0.507 e. The van der Waals surface area contributed by atoms with Crippen molar-refractivity contribution < 1.29 is 72.2 Å². The van der Waals surface area contributed by atoms with Gasteiger partial charge in [0, 0.05) is 51.9 Å². The van der Waals surface area contributed by atoms with Gasteiger partial charge in [0.1, 0.15) is 23.0 Å². The van der Waals surface area contributed by atoms with Gasteiger partial charge in [0.05, 0.1) is 23.3 Å². The summed E-state index contributed by atoms with van der Waals surface area (Å²) < 4.78 is 106. The maximum atomic E-state index is 16.3. The zero-order valence-electron chi connectivity index (χ0n) is 40.2. The third-order valence-electron chi connectivity index (χ3n) is 12.7. The standard InChI is InChI=1S/C59H42F6O4.2CH3.Zr/c1-30-21-42(50-38-17-9-5-13-34(38)26-35-14-6-10-18-39(35)50)58(66)44(23-30)52-48(28-46(60)54(62)56(52)64)68-32(3)25-33(4)69-49-29-47(61)55(63)57(65)53(49)45-24-31(2)22-43(59(45)67)51-40-19-11-7-15-36(40)27-37-16-8-12-20-41(37)51;;;/h5-24,26-29,32-33,66-67H,25H2,1-4H3;2*1H3;/q;2*-1;+2/t32-,33+;;;. The Balaban J connectivity index is 0.00000253. The summed E-state index contributed by atoms with van der Waals surface area (Å²) in [5, 5.41) is 31.0. The van der Waals surface area contributed by atoms with E-state index in [0.717, 1.165) is 43.1 Å².